The maximum absolute atomic E-state index is 6.06. The molecule has 0 saturated carbocycles. The first-order valence-electron chi connectivity index (χ1n) is 5.04. The van der Waals surface area contributed by atoms with Crippen LogP contribution in [0.5, 0.6) is 0 Å². The zero-order valence-corrected chi connectivity index (χ0v) is 9.86. The SMILES string of the molecule is [B]C(=C(\C)C(C)C)/C(C)=C(\C)CC. The number of rotatable bonds is 3. The molecule has 0 saturated heterocycles. The Morgan fingerprint density at radius 3 is 1.92 bits per heavy atom. The average Bonchev–Trinajstić information content (AvgIpc) is 2.12. The summed E-state index contributed by atoms with van der Waals surface area (Å²) in [6.07, 6.45) is 1.08. The van der Waals surface area contributed by atoms with E-state index in [1.165, 1.54) is 16.7 Å². The van der Waals surface area contributed by atoms with E-state index in [0.717, 1.165) is 11.9 Å². The van der Waals surface area contributed by atoms with Gasteiger partial charge in [-0.25, -0.2) is 0 Å². The molecule has 0 atom stereocenters. The van der Waals surface area contributed by atoms with Gasteiger partial charge in [-0.15, -0.1) is 0 Å². The Hall–Kier alpha value is -0.455. The largest absolute Gasteiger partial charge is 0.114 e. The van der Waals surface area contributed by atoms with Crippen molar-refractivity contribution in [3.63, 3.8) is 0 Å². The van der Waals surface area contributed by atoms with Crippen molar-refractivity contribution in [2.45, 2.75) is 48.0 Å². The summed E-state index contributed by atoms with van der Waals surface area (Å²) in [5, 5.41) is 0. The molecule has 2 radical (unpaired) electrons. The van der Waals surface area contributed by atoms with Crippen molar-refractivity contribution in [3.8, 4) is 0 Å². The van der Waals surface area contributed by atoms with Gasteiger partial charge in [0.05, 0.1) is 0 Å². The van der Waals surface area contributed by atoms with Crippen molar-refractivity contribution in [3.05, 3.63) is 22.2 Å². The average molecular weight is 176 g/mol. The molecule has 0 N–H and O–H groups in total. The third-order valence-electron chi connectivity index (χ3n) is 2.87. The van der Waals surface area contributed by atoms with Gasteiger partial charge < -0.3 is 0 Å². The highest BCUT2D eigenvalue weighted by Gasteiger charge is 2.04. The Balaban J connectivity index is 4.99. The highest BCUT2D eigenvalue weighted by atomic mass is 14.1. The summed E-state index contributed by atoms with van der Waals surface area (Å²) in [6.45, 7) is 12.9. The van der Waals surface area contributed by atoms with Crippen molar-refractivity contribution < 1.29 is 0 Å². The van der Waals surface area contributed by atoms with Crippen LogP contribution in [0.15, 0.2) is 22.2 Å². The minimum Gasteiger partial charge on any atom is -0.0947 e. The smallest absolute Gasteiger partial charge is 0.0947 e. The lowest BCUT2D eigenvalue weighted by Crippen LogP contribution is -1.99. The van der Waals surface area contributed by atoms with E-state index in [0.29, 0.717) is 5.92 Å². The third-order valence-corrected chi connectivity index (χ3v) is 2.87. The van der Waals surface area contributed by atoms with E-state index in [9.17, 15) is 0 Å². The van der Waals surface area contributed by atoms with Crippen LogP contribution in [-0.4, -0.2) is 7.85 Å². The molecule has 0 spiro atoms. The first-order valence-corrected chi connectivity index (χ1v) is 5.04. The van der Waals surface area contributed by atoms with Gasteiger partial charge in [0.25, 0.3) is 0 Å². The monoisotopic (exact) mass is 176 g/mol. The zero-order chi connectivity index (χ0) is 10.6. The molecule has 0 aliphatic carbocycles. The van der Waals surface area contributed by atoms with Crippen molar-refractivity contribution >= 4 is 7.85 Å². The lowest BCUT2D eigenvalue weighted by Gasteiger charge is -2.14. The van der Waals surface area contributed by atoms with E-state index in [1.807, 2.05) is 0 Å². The van der Waals surface area contributed by atoms with Crippen LogP contribution in [0.2, 0.25) is 0 Å². The van der Waals surface area contributed by atoms with Gasteiger partial charge in [-0.05, 0) is 33.1 Å². The van der Waals surface area contributed by atoms with Crippen LogP contribution in [0, 0.1) is 5.92 Å². The molecule has 13 heavy (non-hydrogen) atoms. The Morgan fingerprint density at radius 2 is 1.62 bits per heavy atom. The molecule has 0 unspecified atom stereocenters. The van der Waals surface area contributed by atoms with Gasteiger partial charge in [0.2, 0.25) is 0 Å². The Kier molecular flexibility index (Phi) is 5.13. The highest BCUT2D eigenvalue weighted by Crippen LogP contribution is 2.21. The molecule has 72 valence electrons. The van der Waals surface area contributed by atoms with Crippen molar-refractivity contribution in [2.24, 2.45) is 5.92 Å². The normalized spacial score (nSPS) is 15.6. The van der Waals surface area contributed by atoms with E-state index >= 15 is 0 Å². The second-order valence-electron chi connectivity index (χ2n) is 4.01. The van der Waals surface area contributed by atoms with Gasteiger partial charge in [0.1, 0.15) is 7.85 Å². The van der Waals surface area contributed by atoms with Gasteiger partial charge in [-0.1, -0.05) is 43.0 Å². The van der Waals surface area contributed by atoms with Crippen LogP contribution in [0.4, 0.5) is 0 Å². The Bertz CT molecular complexity index is 232. The summed E-state index contributed by atoms with van der Waals surface area (Å²) in [6, 6.07) is 0. The third kappa shape index (κ3) is 3.42. The van der Waals surface area contributed by atoms with E-state index < -0.39 is 0 Å². The molecule has 0 nitrogen and oxygen atoms in total. The fourth-order valence-corrected chi connectivity index (χ4v) is 1.10. The molecular formula is C12H21B. The molecule has 0 rings (SSSR count). The quantitative estimate of drug-likeness (QED) is 0.452. The van der Waals surface area contributed by atoms with Crippen LogP contribution in [0.3, 0.4) is 0 Å². The van der Waals surface area contributed by atoms with Crippen molar-refractivity contribution in [1.29, 1.82) is 0 Å². The number of allylic oxidation sites excluding steroid dienone is 4. The lowest BCUT2D eigenvalue weighted by molar-refractivity contribution is 0.764. The van der Waals surface area contributed by atoms with E-state index in [2.05, 4.69) is 41.5 Å². The number of hydrogen-bond acceptors (Lipinski definition) is 0. The predicted octanol–water partition coefficient (Wildman–Crippen LogP) is 3.83. The molecule has 0 aromatic rings. The molecule has 1 heteroatoms. The maximum Gasteiger partial charge on any atom is 0.114 e. The van der Waals surface area contributed by atoms with Gasteiger partial charge in [-0.2, -0.15) is 0 Å². The van der Waals surface area contributed by atoms with Crippen LogP contribution >= 0.6 is 0 Å². The first kappa shape index (κ1) is 12.5. The van der Waals surface area contributed by atoms with Crippen molar-refractivity contribution in [2.75, 3.05) is 0 Å². The van der Waals surface area contributed by atoms with E-state index in [-0.39, 0.29) is 0 Å². The molecule has 0 aliphatic heterocycles. The molecule has 0 aromatic carbocycles. The summed E-state index contributed by atoms with van der Waals surface area (Å²) in [7, 11) is 6.06. The molecule has 0 aliphatic rings. The highest BCUT2D eigenvalue weighted by molar-refractivity contribution is 6.24. The lowest BCUT2D eigenvalue weighted by atomic mass is 9.79. The predicted molar refractivity (Wildman–Crippen MR) is 62.0 cm³/mol. The summed E-state index contributed by atoms with van der Waals surface area (Å²) in [5.41, 5.74) is 4.92. The minimum atomic E-state index is 0.541. The Morgan fingerprint density at radius 1 is 1.15 bits per heavy atom. The fraction of sp³-hybridized carbons (Fsp3) is 0.667. The molecule has 0 aromatic heterocycles. The fourth-order valence-electron chi connectivity index (χ4n) is 1.10. The van der Waals surface area contributed by atoms with Crippen LogP contribution in [0.25, 0.3) is 0 Å². The molecule has 0 fully saturated rings. The molecule has 0 amide bonds. The Labute approximate surface area is 84.5 Å². The zero-order valence-electron chi connectivity index (χ0n) is 9.86. The maximum atomic E-state index is 6.06. The van der Waals surface area contributed by atoms with Gasteiger partial charge in [-0.3, -0.25) is 0 Å². The summed E-state index contributed by atoms with van der Waals surface area (Å²) < 4.78 is 0. The summed E-state index contributed by atoms with van der Waals surface area (Å²) in [5.74, 6) is 0.541. The van der Waals surface area contributed by atoms with E-state index in [1.54, 1.807) is 0 Å². The van der Waals surface area contributed by atoms with E-state index in [4.69, 9.17) is 7.85 Å². The van der Waals surface area contributed by atoms with Gasteiger partial charge >= 0.3 is 0 Å². The van der Waals surface area contributed by atoms with Crippen molar-refractivity contribution in [1.82, 2.24) is 0 Å². The standard InChI is InChI=1S/C12H21B/c1-7-9(4)11(6)12(13)10(5)8(2)3/h8H,7H2,1-6H3/b11-9+,12-10+. The van der Waals surface area contributed by atoms with Crippen LogP contribution in [0.1, 0.15) is 48.0 Å². The molecule has 0 heterocycles. The van der Waals surface area contributed by atoms with Crippen LogP contribution in [-0.2, 0) is 0 Å². The topological polar surface area (TPSA) is 0 Å². The van der Waals surface area contributed by atoms with Gasteiger partial charge in [0.15, 0.2) is 0 Å². The molecular weight excluding hydrogens is 155 g/mol. The first-order chi connectivity index (χ1) is 5.91. The molecule has 0 bridgehead atoms. The second-order valence-corrected chi connectivity index (χ2v) is 4.01. The minimum absolute atomic E-state index is 0.541. The summed E-state index contributed by atoms with van der Waals surface area (Å²) >= 11 is 0. The van der Waals surface area contributed by atoms with Gasteiger partial charge in [0, 0.05) is 0 Å². The number of hydrogen-bond donors (Lipinski definition) is 0. The summed E-state index contributed by atoms with van der Waals surface area (Å²) in [4.78, 5) is 0. The van der Waals surface area contributed by atoms with Crippen LogP contribution < -0.4 is 0 Å². The second kappa shape index (κ2) is 5.31.